The predicted molar refractivity (Wildman–Crippen MR) is 55.9 cm³/mol. The molecule has 0 N–H and O–H groups in total. The minimum Gasteiger partial charge on any atom is -0.274 e. The fraction of sp³-hybridized carbons (Fsp3) is 0. The van der Waals surface area contributed by atoms with Crippen molar-refractivity contribution >= 4 is 45.1 Å². The van der Waals surface area contributed by atoms with Gasteiger partial charge in [-0.25, -0.2) is 9.50 Å². The lowest BCUT2D eigenvalue weighted by molar-refractivity contribution is 0.107. The van der Waals surface area contributed by atoms with Crippen molar-refractivity contribution in [2.75, 3.05) is 0 Å². The van der Waals surface area contributed by atoms with Gasteiger partial charge in [0.1, 0.15) is 9.39 Å². The van der Waals surface area contributed by atoms with Gasteiger partial charge < -0.3 is 0 Å². The smallest absolute Gasteiger partial charge is 0.272 e. The first-order chi connectivity index (χ1) is 6.16. The molecule has 0 aromatic carbocycles. The number of carbonyl (C=O) groups is 1. The summed E-state index contributed by atoms with van der Waals surface area (Å²) < 4.78 is 2.35. The van der Waals surface area contributed by atoms with Crippen molar-refractivity contribution < 1.29 is 4.79 Å². The lowest BCUT2D eigenvalue weighted by Crippen LogP contribution is -1.91. The van der Waals surface area contributed by atoms with Gasteiger partial charge in [0.05, 0.1) is 6.20 Å². The van der Waals surface area contributed by atoms with Crippen molar-refractivity contribution in [3.05, 3.63) is 27.7 Å². The summed E-state index contributed by atoms with van der Waals surface area (Å²) in [4.78, 5) is 14.7. The number of rotatable bonds is 1. The Morgan fingerprint density at radius 2 is 2.31 bits per heavy atom. The average molecular weight is 307 g/mol. The summed E-state index contributed by atoms with van der Waals surface area (Å²) in [6.07, 6.45) is 1.51. The monoisotopic (exact) mass is 307 g/mol. The van der Waals surface area contributed by atoms with Gasteiger partial charge in [-0.05, 0) is 46.3 Å². The van der Waals surface area contributed by atoms with Crippen molar-refractivity contribution in [3.8, 4) is 0 Å². The quantitative estimate of drug-likeness (QED) is 0.595. The number of hydrogen-bond donors (Lipinski definition) is 0. The first kappa shape index (κ1) is 8.89. The maximum absolute atomic E-state index is 10.8. The van der Waals surface area contributed by atoms with Crippen LogP contribution in [0.4, 0.5) is 0 Å². The highest BCUT2D eigenvalue weighted by Gasteiger charge is 2.07. The molecule has 13 heavy (non-hydrogen) atoms. The maximum Gasteiger partial charge on any atom is 0.272 e. The number of carbonyl (C=O) groups excluding carboxylic acids is 1. The van der Waals surface area contributed by atoms with E-state index in [2.05, 4.69) is 32.7 Å². The van der Waals surface area contributed by atoms with Gasteiger partial charge in [0, 0.05) is 0 Å². The highest BCUT2D eigenvalue weighted by atomic mass is 127. The molecule has 4 nitrogen and oxygen atoms in total. The van der Waals surface area contributed by atoms with Crippen molar-refractivity contribution in [3.63, 3.8) is 0 Å². The molecule has 0 fully saturated rings. The Hall–Kier alpha value is -0.690. The molecule has 0 radical (unpaired) electrons. The van der Waals surface area contributed by atoms with Crippen LogP contribution in [0.2, 0.25) is 0 Å². The number of halogens is 2. The minimum absolute atomic E-state index is 0.219. The second-order valence-corrected chi connectivity index (χ2v) is 3.81. The van der Waals surface area contributed by atoms with Gasteiger partial charge in [-0.15, -0.1) is 0 Å². The Morgan fingerprint density at radius 3 is 3.00 bits per heavy atom. The van der Waals surface area contributed by atoms with E-state index >= 15 is 0 Å². The van der Waals surface area contributed by atoms with E-state index in [1.54, 1.807) is 6.07 Å². The molecule has 0 aliphatic rings. The molecule has 2 aromatic heterocycles. The fourth-order valence-corrected chi connectivity index (χ4v) is 1.46. The van der Waals surface area contributed by atoms with Gasteiger partial charge in [0.25, 0.3) is 5.24 Å². The summed E-state index contributed by atoms with van der Waals surface area (Å²) in [5.41, 5.74) is 0.834. The molecular weight excluding hydrogens is 304 g/mol. The summed E-state index contributed by atoms with van der Waals surface area (Å²) in [7, 11) is 0. The Kier molecular flexibility index (Phi) is 2.20. The molecular formula is C7H3ClIN3O. The van der Waals surface area contributed by atoms with Crippen LogP contribution in [0, 0.1) is 3.70 Å². The van der Waals surface area contributed by atoms with Gasteiger partial charge >= 0.3 is 0 Å². The molecule has 66 valence electrons. The van der Waals surface area contributed by atoms with Crippen LogP contribution in [0.25, 0.3) is 5.65 Å². The Bertz CT molecular complexity index is 482. The zero-order chi connectivity index (χ0) is 9.42. The Balaban J connectivity index is 2.68. The van der Waals surface area contributed by atoms with Gasteiger partial charge in [-0.3, -0.25) is 4.79 Å². The molecule has 0 spiro atoms. The lowest BCUT2D eigenvalue weighted by atomic mass is 10.5. The van der Waals surface area contributed by atoms with Gasteiger partial charge in [0.15, 0.2) is 5.65 Å². The number of fused-ring (bicyclic) bond motifs is 1. The third-order valence-electron chi connectivity index (χ3n) is 1.49. The largest absolute Gasteiger partial charge is 0.274 e. The molecule has 0 saturated carbocycles. The van der Waals surface area contributed by atoms with E-state index in [9.17, 15) is 4.79 Å². The van der Waals surface area contributed by atoms with Crippen LogP contribution in [-0.2, 0) is 0 Å². The molecule has 0 aliphatic heterocycles. The van der Waals surface area contributed by atoms with Crippen molar-refractivity contribution in [1.82, 2.24) is 14.6 Å². The summed E-state index contributed by atoms with van der Waals surface area (Å²) in [6, 6.07) is 3.59. The zero-order valence-electron chi connectivity index (χ0n) is 6.24. The standard InChI is InChI=1S/C7H3ClIN3O/c8-7(13)4-3-12-6(10-4)2-1-5(9)11-12/h1-3H. The fourth-order valence-electron chi connectivity index (χ4n) is 0.953. The van der Waals surface area contributed by atoms with Crippen LogP contribution in [0.1, 0.15) is 10.5 Å². The van der Waals surface area contributed by atoms with Gasteiger partial charge in [0.2, 0.25) is 0 Å². The topological polar surface area (TPSA) is 47.3 Å². The number of aromatic nitrogens is 3. The molecule has 0 saturated heterocycles. The molecule has 0 aliphatic carbocycles. The van der Waals surface area contributed by atoms with Crippen LogP contribution in [0.3, 0.4) is 0 Å². The van der Waals surface area contributed by atoms with E-state index in [0.717, 1.165) is 3.70 Å². The SMILES string of the molecule is O=C(Cl)c1cn2nc(I)ccc2n1. The molecule has 0 bridgehead atoms. The molecule has 6 heteroatoms. The van der Waals surface area contributed by atoms with Crippen molar-refractivity contribution in [2.24, 2.45) is 0 Å². The maximum atomic E-state index is 10.8. The predicted octanol–water partition coefficient (Wildman–Crippen LogP) is 1.71. The van der Waals surface area contributed by atoms with E-state index in [-0.39, 0.29) is 5.69 Å². The number of hydrogen-bond acceptors (Lipinski definition) is 3. The minimum atomic E-state index is -0.569. The molecule has 2 rings (SSSR count). The van der Waals surface area contributed by atoms with Crippen molar-refractivity contribution in [2.45, 2.75) is 0 Å². The molecule has 2 aromatic rings. The van der Waals surface area contributed by atoms with Gasteiger partial charge in [-0.1, -0.05) is 0 Å². The third-order valence-corrected chi connectivity index (χ3v) is 2.26. The summed E-state index contributed by atoms with van der Waals surface area (Å²) in [5, 5.41) is 3.54. The summed E-state index contributed by atoms with van der Waals surface area (Å²) in [6.45, 7) is 0. The highest BCUT2D eigenvalue weighted by molar-refractivity contribution is 14.1. The van der Waals surface area contributed by atoms with E-state index in [4.69, 9.17) is 11.6 Å². The molecule has 0 unspecified atom stereocenters. The van der Waals surface area contributed by atoms with E-state index in [1.807, 2.05) is 6.07 Å². The van der Waals surface area contributed by atoms with Crippen LogP contribution in [0.5, 0.6) is 0 Å². The van der Waals surface area contributed by atoms with E-state index in [1.165, 1.54) is 10.7 Å². The lowest BCUT2D eigenvalue weighted by Gasteiger charge is -1.90. The van der Waals surface area contributed by atoms with Crippen LogP contribution in [0.15, 0.2) is 18.3 Å². The normalized spacial score (nSPS) is 10.6. The number of nitrogens with zero attached hydrogens (tertiary/aromatic N) is 3. The Morgan fingerprint density at radius 1 is 1.54 bits per heavy atom. The van der Waals surface area contributed by atoms with E-state index in [0.29, 0.717) is 5.65 Å². The first-order valence-electron chi connectivity index (χ1n) is 3.38. The van der Waals surface area contributed by atoms with Crippen LogP contribution < -0.4 is 0 Å². The summed E-state index contributed by atoms with van der Waals surface area (Å²) in [5.74, 6) is 0. The zero-order valence-corrected chi connectivity index (χ0v) is 9.15. The first-order valence-corrected chi connectivity index (χ1v) is 4.84. The second-order valence-electron chi connectivity index (χ2n) is 2.36. The number of imidazole rings is 1. The van der Waals surface area contributed by atoms with Gasteiger partial charge in [-0.2, -0.15) is 5.10 Å². The molecule has 0 atom stereocenters. The van der Waals surface area contributed by atoms with E-state index < -0.39 is 5.24 Å². The van der Waals surface area contributed by atoms with Crippen molar-refractivity contribution in [1.29, 1.82) is 0 Å². The Labute approximate surface area is 92.0 Å². The highest BCUT2D eigenvalue weighted by Crippen LogP contribution is 2.07. The summed E-state index contributed by atoms with van der Waals surface area (Å²) >= 11 is 7.35. The average Bonchev–Trinajstić information content (AvgIpc) is 2.46. The second kappa shape index (κ2) is 3.22. The molecule has 0 amide bonds. The van der Waals surface area contributed by atoms with Crippen LogP contribution in [-0.4, -0.2) is 19.8 Å². The third kappa shape index (κ3) is 1.66. The van der Waals surface area contributed by atoms with Crippen LogP contribution >= 0.6 is 34.2 Å². The molecule has 2 heterocycles.